The summed E-state index contributed by atoms with van der Waals surface area (Å²) >= 11 is 0. The predicted octanol–water partition coefficient (Wildman–Crippen LogP) is 14.6. The molecule has 9 aromatic carbocycles. The van der Waals surface area contributed by atoms with Crippen LogP contribution in [0.3, 0.4) is 0 Å². The maximum Gasteiger partial charge on any atom is 0.159 e. The van der Waals surface area contributed by atoms with Gasteiger partial charge in [0.05, 0.1) is 16.8 Å². The maximum atomic E-state index is 6.72. The highest BCUT2D eigenvalue weighted by molar-refractivity contribution is 6.19. The molecule has 0 aliphatic rings. The van der Waals surface area contributed by atoms with Crippen molar-refractivity contribution in [2.24, 2.45) is 0 Å². The third-order valence-electron chi connectivity index (χ3n) is 10.7. The summed E-state index contributed by atoms with van der Waals surface area (Å²) in [4.78, 5) is 2.33. The molecule has 0 aliphatic carbocycles. The van der Waals surface area contributed by atoms with E-state index in [0.717, 1.165) is 77.6 Å². The Labute approximate surface area is 305 Å². The maximum absolute atomic E-state index is 6.72. The van der Waals surface area contributed by atoms with E-state index in [9.17, 15) is 0 Å². The summed E-state index contributed by atoms with van der Waals surface area (Å²) in [7, 11) is 0. The molecule has 3 nitrogen and oxygen atoms in total. The van der Waals surface area contributed by atoms with E-state index in [1.165, 1.54) is 27.1 Å². The first-order valence-corrected chi connectivity index (χ1v) is 18.0. The van der Waals surface area contributed by atoms with Gasteiger partial charge in [-0.1, -0.05) is 140 Å². The fraction of sp³-hybridized carbons (Fsp3) is 0. The van der Waals surface area contributed by atoms with E-state index in [1.54, 1.807) is 0 Å². The molecule has 248 valence electrons. The molecular formula is C50H31NO2. The van der Waals surface area contributed by atoms with E-state index in [0.29, 0.717) is 0 Å². The van der Waals surface area contributed by atoms with Crippen LogP contribution in [0.1, 0.15) is 0 Å². The predicted molar refractivity (Wildman–Crippen MR) is 222 cm³/mol. The monoisotopic (exact) mass is 677 g/mol. The van der Waals surface area contributed by atoms with E-state index in [-0.39, 0.29) is 0 Å². The molecule has 0 spiro atoms. The van der Waals surface area contributed by atoms with E-state index in [2.05, 4.69) is 169 Å². The fourth-order valence-corrected chi connectivity index (χ4v) is 8.15. The first kappa shape index (κ1) is 29.6. The van der Waals surface area contributed by atoms with Gasteiger partial charge in [-0.15, -0.1) is 0 Å². The summed E-state index contributed by atoms with van der Waals surface area (Å²) in [6, 6.07) is 66.7. The van der Waals surface area contributed by atoms with Gasteiger partial charge in [-0.05, 0) is 86.8 Å². The molecule has 2 aromatic heterocycles. The second kappa shape index (κ2) is 11.7. The largest absolute Gasteiger partial charge is 0.455 e. The molecule has 53 heavy (non-hydrogen) atoms. The Hall–Kier alpha value is -7.10. The molecule has 0 radical (unpaired) electrons. The van der Waals surface area contributed by atoms with Gasteiger partial charge >= 0.3 is 0 Å². The van der Waals surface area contributed by atoms with Gasteiger partial charge in [0.25, 0.3) is 0 Å². The highest BCUT2D eigenvalue weighted by Crippen LogP contribution is 2.48. The number of hydrogen-bond acceptors (Lipinski definition) is 3. The lowest BCUT2D eigenvalue weighted by atomic mass is 9.97. The second-order valence-electron chi connectivity index (χ2n) is 13.7. The molecule has 0 aliphatic heterocycles. The summed E-state index contributed by atoms with van der Waals surface area (Å²) in [6.07, 6.45) is 0. The smallest absolute Gasteiger partial charge is 0.159 e. The third-order valence-corrected chi connectivity index (χ3v) is 10.7. The molecular weight excluding hydrogens is 647 g/mol. The topological polar surface area (TPSA) is 29.5 Å². The molecule has 2 heterocycles. The van der Waals surface area contributed by atoms with Crippen LogP contribution in [0, 0.1) is 0 Å². The molecule has 11 rings (SSSR count). The van der Waals surface area contributed by atoms with Crippen LogP contribution in [0.15, 0.2) is 197 Å². The van der Waals surface area contributed by atoms with Crippen molar-refractivity contribution in [3.63, 3.8) is 0 Å². The number of hydrogen-bond donors (Lipinski definition) is 0. The van der Waals surface area contributed by atoms with Gasteiger partial charge in [0.15, 0.2) is 5.58 Å². The van der Waals surface area contributed by atoms with Gasteiger partial charge in [0.1, 0.15) is 16.7 Å². The molecule has 0 saturated heterocycles. The van der Waals surface area contributed by atoms with Crippen LogP contribution in [0.2, 0.25) is 0 Å². The first-order valence-electron chi connectivity index (χ1n) is 18.0. The van der Waals surface area contributed by atoms with E-state index in [4.69, 9.17) is 8.83 Å². The van der Waals surface area contributed by atoms with Crippen LogP contribution >= 0.6 is 0 Å². The fourth-order valence-electron chi connectivity index (χ4n) is 8.15. The standard InChI is InChI=1S/C50H31NO2/c1-2-11-33(12-3-1)40-29-30-44(48-43-16-7-9-20-47(43)53-50(40)48)51(45-18-10-17-42-41-15-6-8-19-46(41)52-49(42)45)37-26-23-32(24-27-37)35-25-28-39-36(31-35)22-21-34-13-4-5-14-38(34)39/h1-31H. The molecule has 0 saturated carbocycles. The number of rotatable bonds is 5. The molecule has 0 atom stereocenters. The lowest BCUT2D eigenvalue weighted by molar-refractivity contribution is 0.668. The second-order valence-corrected chi connectivity index (χ2v) is 13.7. The molecule has 3 heteroatoms. The van der Waals surface area contributed by atoms with Crippen molar-refractivity contribution in [2.45, 2.75) is 0 Å². The van der Waals surface area contributed by atoms with Gasteiger partial charge in [-0.3, -0.25) is 0 Å². The van der Waals surface area contributed by atoms with E-state index in [1.807, 2.05) is 24.3 Å². The van der Waals surface area contributed by atoms with Gasteiger partial charge in [-0.25, -0.2) is 0 Å². The normalized spacial score (nSPS) is 11.8. The Morgan fingerprint density at radius 3 is 1.83 bits per heavy atom. The summed E-state index contributed by atoms with van der Waals surface area (Å²) in [6.45, 7) is 0. The number of furan rings is 2. The van der Waals surface area contributed by atoms with Gasteiger partial charge in [-0.2, -0.15) is 0 Å². The highest BCUT2D eigenvalue weighted by Gasteiger charge is 2.25. The van der Waals surface area contributed by atoms with Crippen molar-refractivity contribution < 1.29 is 8.83 Å². The van der Waals surface area contributed by atoms with Crippen molar-refractivity contribution in [1.29, 1.82) is 0 Å². The Morgan fingerprint density at radius 2 is 0.981 bits per heavy atom. The average Bonchev–Trinajstić information content (AvgIpc) is 3.81. The van der Waals surface area contributed by atoms with Gasteiger partial charge < -0.3 is 13.7 Å². The van der Waals surface area contributed by atoms with Crippen LogP contribution < -0.4 is 4.90 Å². The van der Waals surface area contributed by atoms with Crippen LogP contribution in [0.4, 0.5) is 17.1 Å². The average molecular weight is 678 g/mol. The molecule has 0 unspecified atom stereocenters. The summed E-state index contributed by atoms with van der Waals surface area (Å²) < 4.78 is 13.4. The molecule has 11 aromatic rings. The van der Waals surface area contributed by atoms with Crippen LogP contribution in [-0.4, -0.2) is 0 Å². The zero-order chi connectivity index (χ0) is 34.9. The van der Waals surface area contributed by atoms with Gasteiger partial charge in [0, 0.05) is 27.4 Å². The minimum Gasteiger partial charge on any atom is -0.455 e. The third kappa shape index (κ3) is 4.68. The number of para-hydroxylation sites is 3. The Kier molecular flexibility index (Phi) is 6.55. The van der Waals surface area contributed by atoms with E-state index < -0.39 is 0 Å². The Morgan fingerprint density at radius 1 is 0.340 bits per heavy atom. The van der Waals surface area contributed by atoms with E-state index >= 15 is 0 Å². The lowest BCUT2D eigenvalue weighted by Crippen LogP contribution is -2.10. The van der Waals surface area contributed by atoms with Crippen LogP contribution in [0.25, 0.3) is 87.7 Å². The van der Waals surface area contributed by atoms with Crippen molar-refractivity contribution in [3.8, 4) is 22.3 Å². The quantitative estimate of drug-likeness (QED) is 0.170. The van der Waals surface area contributed by atoms with Gasteiger partial charge in [0.2, 0.25) is 0 Å². The van der Waals surface area contributed by atoms with Crippen LogP contribution in [0.5, 0.6) is 0 Å². The van der Waals surface area contributed by atoms with Crippen molar-refractivity contribution in [1.82, 2.24) is 0 Å². The summed E-state index contributed by atoms with van der Waals surface area (Å²) in [5.74, 6) is 0. The van der Waals surface area contributed by atoms with Crippen LogP contribution in [-0.2, 0) is 0 Å². The minimum atomic E-state index is 0.840. The number of anilines is 3. The van der Waals surface area contributed by atoms with Crippen molar-refractivity contribution in [3.05, 3.63) is 188 Å². The SMILES string of the molecule is c1ccc(-c2ccc(N(c3ccc(-c4ccc5c(ccc6ccccc65)c4)cc3)c3cccc4c3oc3ccccc34)c3c2oc2ccccc23)cc1. The zero-order valence-corrected chi connectivity index (χ0v) is 28.7. The van der Waals surface area contributed by atoms with Crippen molar-refractivity contribution >= 4 is 82.5 Å². The highest BCUT2D eigenvalue weighted by atomic mass is 16.3. The number of nitrogens with zero attached hydrogens (tertiary/aromatic N) is 1. The Bertz CT molecular complexity index is 3170. The number of benzene rings is 9. The summed E-state index contributed by atoms with van der Waals surface area (Å²) in [5.41, 5.74) is 10.9. The first-order chi connectivity index (χ1) is 26.3. The Balaban J connectivity index is 1.13. The minimum absolute atomic E-state index is 0.840. The molecule has 0 amide bonds. The molecule has 0 bridgehead atoms. The molecule has 0 N–H and O–H groups in total. The van der Waals surface area contributed by atoms with Crippen molar-refractivity contribution in [2.75, 3.05) is 4.90 Å². The molecule has 0 fully saturated rings. The zero-order valence-electron chi connectivity index (χ0n) is 28.7. The number of fused-ring (bicyclic) bond motifs is 9. The lowest BCUT2D eigenvalue weighted by Gasteiger charge is -2.27. The summed E-state index contributed by atoms with van der Waals surface area (Å²) in [5, 5.41) is 9.34.